The number of thiazole rings is 1. The van der Waals surface area contributed by atoms with E-state index in [2.05, 4.69) is 44.8 Å². The van der Waals surface area contributed by atoms with E-state index >= 15 is 0 Å². The number of aromatic nitrogens is 3. The summed E-state index contributed by atoms with van der Waals surface area (Å²) in [5.41, 5.74) is 0.846. The molecule has 0 bridgehead atoms. The zero-order valence-corrected chi connectivity index (χ0v) is 14.9. The highest BCUT2D eigenvalue weighted by Gasteiger charge is 2.22. The van der Waals surface area contributed by atoms with Gasteiger partial charge >= 0.3 is 0 Å². The number of fused-ring (bicyclic) bond motifs is 1. The van der Waals surface area contributed by atoms with Crippen LogP contribution in [-0.4, -0.2) is 45.3 Å². The molecule has 1 aliphatic heterocycles. The van der Waals surface area contributed by atoms with E-state index < -0.39 is 0 Å². The van der Waals surface area contributed by atoms with Crippen LogP contribution in [0.5, 0.6) is 0 Å². The van der Waals surface area contributed by atoms with Gasteiger partial charge in [0.05, 0.1) is 0 Å². The molecule has 1 saturated heterocycles. The van der Waals surface area contributed by atoms with Crippen molar-refractivity contribution in [1.29, 1.82) is 0 Å². The zero-order chi connectivity index (χ0) is 14.7. The van der Waals surface area contributed by atoms with E-state index in [1.54, 1.807) is 29.4 Å². The molecule has 1 atom stereocenters. The molecular weight excluding hydrogens is 320 g/mol. The van der Waals surface area contributed by atoms with Crippen molar-refractivity contribution in [2.24, 2.45) is 0 Å². The van der Waals surface area contributed by atoms with E-state index in [1.807, 2.05) is 0 Å². The van der Waals surface area contributed by atoms with Crippen LogP contribution < -0.4 is 4.90 Å². The third-order valence-electron chi connectivity index (χ3n) is 3.66. The number of hydrogen-bond donors (Lipinski definition) is 0. The van der Waals surface area contributed by atoms with Gasteiger partial charge in [-0.1, -0.05) is 25.1 Å². The van der Waals surface area contributed by atoms with Crippen LogP contribution >= 0.6 is 34.9 Å². The third kappa shape index (κ3) is 3.46. The lowest BCUT2D eigenvalue weighted by atomic mass is 10.2. The quantitative estimate of drug-likeness (QED) is 0.786. The van der Waals surface area contributed by atoms with Crippen molar-refractivity contribution in [3.63, 3.8) is 0 Å². The molecule has 4 nitrogen and oxygen atoms in total. The molecule has 2 aromatic heterocycles. The Labute approximate surface area is 138 Å². The Morgan fingerprint density at radius 3 is 3.10 bits per heavy atom. The van der Waals surface area contributed by atoms with Crippen LogP contribution in [0.3, 0.4) is 0 Å². The second kappa shape index (κ2) is 7.15. The first-order valence-corrected chi connectivity index (χ1v) is 10.4. The monoisotopic (exact) mass is 340 g/mol. The van der Waals surface area contributed by atoms with Gasteiger partial charge in [-0.2, -0.15) is 11.8 Å². The molecule has 1 unspecified atom stereocenters. The second-order valence-electron chi connectivity index (χ2n) is 5.05. The summed E-state index contributed by atoms with van der Waals surface area (Å²) in [4.78, 5) is 15.9. The molecule has 3 rings (SSSR count). The van der Waals surface area contributed by atoms with Gasteiger partial charge in [0.2, 0.25) is 0 Å². The summed E-state index contributed by atoms with van der Waals surface area (Å²) in [7, 11) is 0. The largest absolute Gasteiger partial charge is 0.354 e. The molecule has 1 aliphatic rings. The minimum Gasteiger partial charge on any atom is -0.354 e. The van der Waals surface area contributed by atoms with Gasteiger partial charge in [0.15, 0.2) is 15.8 Å². The Kier molecular flexibility index (Phi) is 5.24. The predicted octanol–water partition coefficient (Wildman–Crippen LogP) is 3.92. The maximum absolute atomic E-state index is 4.58. The van der Waals surface area contributed by atoms with Crippen LogP contribution in [0.25, 0.3) is 10.3 Å². The Morgan fingerprint density at radius 2 is 2.29 bits per heavy atom. The number of thioether (sulfide) groups is 2. The van der Waals surface area contributed by atoms with Crippen LogP contribution in [0.2, 0.25) is 0 Å². The molecule has 21 heavy (non-hydrogen) atoms. The molecule has 0 N–H and O–H groups in total. The number of anilines is 1. The highest BCUT2D eigenvalue weighted by atomic mass is 32.2. The molecule has 1 fully saturated rings. The smallest absolute Gasteiger partial charge is 0.176 e. The molecule has 0 radical (unpaired) electrons. The van der Waals surface area contributed by atoms with Crippen LogP contribution in [0.4, 0.5) is 5.82 Å². The van der Waals surface area contributed by atoms with Crippen molar-refractivity contribution in [2.75, 3.05) is 30.0 Å². The maximum atomic E-state index is 4.58. The maximum Gasteiger partial charge on any atom is 0.176 e. The van der Waals surface area contributed by atoms with E-state index in [-0.39, 0.29) is 0 Å². The van der Waals surface area contributed by atoms with E-state index in [1.165, 1.54) is 25.0 Å². The fourth-order valence-corrected chi connectivity index (χ4v) is 5.32. The first-order chi connectivity index (χ1) is 10.3. The fourth-order valence-electron chi connectivity index (χ4n) is 2.70. The second-order valence-corrected chi connectivity index (χ2v) is 8.68. The number of nitrogens with zero attached hydrogens (tertiary/aromatic N) is 4. The molecule has 0 amide bonds. The third-order valence-corrected chi connectivity index (χ3v) is 6.87. The summed E-state index contributed by atoms with van der Waals surface area (Å²) in [5.74, 6) is 2.27. The van der Waals surface area contributed by atoms with Gasteiger partial charge in [-0.25, -0.2) is 15.0 Å². The predicted molar refractivity (Wildman–Crippen MR) is 95.0 cm³/mol. The Hall–Kier alpha value is -0.530. The number of hydrogen-bond acceptors (Lipinski definition) is 7. The van der Waals surface area contributed by atoms with Crippen molar-refractivity contribution in [1.82, 2.24) is 15.0 Å². The fraction of sp³-hybridized carbons (Fsp3) is 0.643. The van der Waals surface area contributed by atoms with Gasteiger partial charge in [0.1, 0.15) is 11.0 Å². The van der Waals surface area contributed by atoms with Crippen LogP contribution in [0, 0.1) is 0 Å². The lowest BCUT2D eigenvalue weighted by Crippen LogP contribution is -2.30. The highest BCUT2D eigenvalue weighted by Crippen LogP contribution is 2.34. The molecule has 0 saturated carbocycles. The van der Waals surface area contributed by atoms with Crippen LogP contribution in [0.15, 0.2) is 10.7 Å². The normalized spacial score (nSPS) is 19.9. The Morgan fingerprint density at radius 1 is 1.38 bits per heavy atom. The van der Waals surface area contributed by atoms with E-state index in [9.17, 15) is 0 Å². The van der Waals surface area contributed by atoms with Gasteiger partial charge in [-0.05, 0) is 24.9 Å². The van der Waals surface area contributed by atoms with Gasteiger partial charge in [0, 0.05) is 18.3 Å². The van der Waals surface area contributed by atoms with E-state index in [0.29, 0.717) is 0 Å². The molecule has 114 valence electrons. The summed E-state index contributed by atoms with van der Waals surface area (Å²) >= 11 is 5.47. The molecule has 0 aromatic carbocycles. The van der Waals surface area contributed by atoms with Crippen molar-refractivity contribution in [3.05, 3.63) is 6.33 Å². The minimum atomic E-state index is 0.718. The van der Waals surface area contributed by atoms with Gasteiger partial charge in [-0.15, -0.1) is 11.3 Å². The molecule has 7 heteroatoms. The first-order valence-electron chi connectivity index (χ1n) is 7.34. The molecule has 0 spiro atoms. The summed E-state index contributed by atoms with van der Waals surface area (Å²) < 4.78 is 2.21. The minimum absolute atomic E-state index is 0.718. The average molecular weight is 341 g/mol. The zero-order valence-electron chi connectivity index (χ0n) is 12.4. The van der Waals surface area contributed by atoms with Crippen LogP contribution in [-0.2, 0) is 0 Å². The van der Waals surface area contributed by atoms with Crippen molar-refractivity contribution >= 4 is 51.0 Å². The SMILES string of the molecule is CCSC1CCCCN(c2ncnc3nc(SC)sc23)C1. The lowest BCUT2D eigenvalue weighted by Gasteiger charge is -2.25. The highest BCUT2D eigenvalue weighted by molar-refractivity contribution is 8.00. The lowest BCUT2D eigenvalue weighted by molar-refractivity contribution is 0.735. The Balaban J connectivity index is 1.92. The van der Waals surface area contributed by atoms with Gasteiger partial charge in [0.25, 0.3) is 0 Å². The van der Waals surface area contributed by atoms with E-state index in [4.69, 9.17) is 0 Å². The van der Waals surface area contributed by atoms with Crippen LogP contribution in [0.1, 0.15) is 26.2 Å². The van der Waals surface area contributed by atoms with Crippen molar-refractivity contribution < 1.29 is 0 Å². The Bertz CT molecular complexity index is 601. The molecule has 3 heterocycles. The standard InChI is InChI=1S/C14H20N4S3/c1-3-20-10-6-4-5-7-18(8-10)13-11-12(15-9-16-13)17-14(19-2)21-11/h9-10H,3-8H2,1-2H3. The molecule has 2 aromatic rings. The van der Waals surface area contributed by atoms with Crippen molar-refractivity contribution in [2.45, 2.75) is 35.8 Å². The van der Waals surface area contributed by atoms with Crippen molar-refractivity contribution in [3.8, 4) is 0 Å². The summed E-state index contributed by atoms with van der Waals surface area (Å²) in [5, 5.41) is 0.718. The summed E-state index contributed by atoms with van der Waals surface area (Å²) in [6.45, 7) is 4.44. The average Bonchev–Trinajstić information content (AvgIpc) is 2.80. The molecule has 0 aliphatic carbocycles. The van der Waals surface area contributed by atoms with Gasteiger partial charge < -0.3 is 4.90 Å². The summed E-state index contributed by atoms with van der Waals surface area (Å²) in [6, 6.07) is 0. The first kappa shape index (κ1) is 15.4. The summed E-state index contributed by atoms with van der Waals surface area (Å²) in [6.07, 6.45) is 7.61. The van der Waals surface area contributed by atoms with E-state index in [0.717, 1.165) is 38.8 Å². The topological polar surface area (TPSA) is 41.9 Å². The van der Waals surface area contributed by atoms with Gasteiger partial charge in [-0.3, -0.25) is 0 Å². The molecular formula is C14H20N4S3. The number of rotatable bonds is 4.